The lowest BCUT2D eigenvalue weighted by Gasteiger charge is -2.06. The minimum Gasteiger partial charge on any atom is -0.349 e. The monoisotopic (exact) mass is 379 g/mol. The summed E-state index contributed by atoms with van der Waals surface area (Å²) < 4.78 is 4.24. The molecule has 0 unspecified atom stereocenters. The van der Waals surface area contributed by atoms with Gasteiger partial charge in [0.25, 0.3) is 5.91 Å². The van der Waals surface area contributed by atoms with Gasteiger partial charge >= 0.3 is 0 Å². The molecular formula is C20H21N5OS. The highest BCUT2D eigenvalue weighted by Crippen LogP contribution is 2.30. The zero-order valence-corrected chi connectivity index (χ0v) is 16.2. The number of hydrogen-bond donors (Lipinski definition) is 1. The largest absolute Gasteiger partial charge is 0.349 e. The Bertz CT molecular complexity index is 1090. The molecule has 0 bridgehead atoms. The molecule has 0 atom stereocenters. The van der Waals surface area contributed by atoms with E-state index in [1.54, 1.807) is 6.20 Å². The van der Waals surface area contributed by atoms with Gasteiger partial charge in [-0.15, -0.1) is 11.3 Å². The van der Waals surface area contributed by atoms with Gasteiger partial charge in [0.15, 0.2) is 0 Å². The van der Waals surface area contributed by atoms with Gasteiger partial charge in [-0.05, 0) is 26.0 Å². The number of nitrogens with one attached hydrogen (secondary N) is 1. The number of fused-ring (bicyclic) bond motifs is 1. The molecule has 138 valence electrons. The average Bonchev–Trinajstić information content (AvgIpc) is 3.39. The highest BCUT2D eigenvalue weighted by atomic mass is 32.1. The van der Waals surface area contributed by atoms with Crippen LogP contribution in [0.3, 0.4) is 0 Å². The number of para-hydroxylation sites is 1. The van der Waals surface area contributed by atoms with Crippen molar-refractivity contribution >= 4 is 28.1 Å². The van der Waals surface area contributed by atoms with Crippen LogP contribution in [0.25, 0.3) is 21.6 Å². The van der Waals surface area contributed by atoms with E-state index in [0.717, 1.165) is 23.1 Å². The fourth-order valence-corrected chi connectivity index (χ4v) is 4.07. The van der Waals surface area contributed by atoms with Crippen molar-refractivity contribution in [1.82, 2.24) is 24.4 Å². The Labute approximate surface area is 161 Å². The molecule has 0 aliphatic heterocycles. The van der Waals surface area contributed by atoms with E-state index in [-0.39, 0.29) is 5.91 Å². The molecule has 0 saturated carbocycles. The molecule has 0 aliphatic rings. The van der Waals surface area contributed by atoms with E-state index in [0.29, 0.717) is 18.8 Å². The third-order valence-electron chi connectivity index (χ3n) is 4.64. The van der Waals surface area contributed by atoms with Crippen LogP contribution in [0.5, 0.6) is 0 Å². The SMILES string of the molecule is CCn1c(-c2nc(C(=O)NCCn3ccnc3C)cs2)cc2ccccc21. The van der Waals surface area contributed by atoms with E-state index in [4.69, 9.17) is 0 Å². The Morgan fingerprint density at radius 1 is 1.30 bits per heavy atom. The first kappa shape index (κ1) is 17.5. The van der Waals surface area contributed by atoms with E-state index in [1.165, 1.54) is 22.2 Å². The van der Waals surface area contributed by atoms with Gasteiger partial charge in [-0.25, -0.2) is 9.97 Å². The predicted molar refractivity (Wildman–Crippen MR) is 108 cm³/mol. The molecule has 27 heavy (non-hydrogen) atoms. The number of carbonyl (C=O) groups excluding carboxylic acids is 1. The zero-order chi connectivity index (χ0) is 18.8. The van der Waals surface area contributed by atoms with Crippen LogP contribution in [-0.2, 0) is 13.1 Å². The Morgan fingerprint density at radius 2 is 2.15 bits per heavy atom. The fourth-order valence-electron chi connectivity index (χ4n) is 3.24. The third-order valence-corrected chi connectivity index (χ3v) is 5.51. The number of benzene rings is 1. The normalized spacial score (nSPS) is 11.2. The molecule has 3 aromatic heterocycles. The van der Waals surface area contributed by atoms with Crippen molar-refractivity contribution in [3.05, 3.63) is 59.6 Å². The van der Waals surface area contributed by atoms with Crippen molar-refractivity contribution in [1.29, 1.82) is 0 Å². The summed E-state index contributed by atoms with van der Waals surface area (Å²) in [5.41, 5.74) is 2.70. The van der Waals surface area contributed by atoms with Gasteiger partial charge in [0.2, 0.25) is 0 Å². The molecule has 0 saturated heterocycles. The topological polar surface area (TPSA) is 64.7 Å². The molecule has 3 heterocycles. The van der Waals surface area contributed by atoms with Crippen LogP contribution in [0.1, 0.15) is 23.2 Å². The van der Waals surface area contributed by atoms with Gasteiger partial charge in [0.05, 0.1) is 5.69 Å². The number of aromatic nitrogens is 4. The summed E-state index contributed by atoms with van der Waals surface area (Å²) >= 11 is 1.50. The molecule has 0 aliphatic carbocycles. The second-order valence-corrected chi connectivity index (χ2v) is 7.15. The third kappa shape index (κ3) is 3.38. The lowest BCUT2D eigenvalue weighted by atomic mass is 10.2. The summed E-state index contributed by atoms with van der Waals surface area (Å²) in [5, 5.41) is 6.81. The van der Waals surface area contributed by atoms with E-state index < -0.39 is 0 Å². The van der Waals surface area contributed by atoms with Crippen LogP contribution in [0, 0.1) is 6.92 Å². The second-order valence-electron chi connectivity index (χ2n) is 6.29. The van der Waals surface area contributed by atoms with Gasteiger partial charge < -0.3 is 14.5 Å². The maximum absolute atomic E-state index is 12.4. The summed E-state index contributed by atoms with van der Waals surface area (Å²) in [4.78, 5) is 21.2. The summed E-state index contributed by atoms with van der Waals surface area (Å²) in [6.45, 7) is 6.15. The van der Waals surface area contributed by atoms with Crippen molar-refractivity contribution in [2.75, 3.05) is 6.54 Å². The molecule has 4 aromatic rings. The molecule has 0 spiro atoms. The van der Waals surface area contributed by atoms with Crippen molar-refractivity contribution in [3.63, 3.8) is 0 Å². The number of amides is 1. The van der Waals surface area contributed by atoms with Crippen LogP contribution >= 0.6 is 11.3 Å². The first-order chi connectivity index (χ1) is 13.2. The molecule has 6 nitrogen and oxygen atoms in total. The Morgan fingerprint density at radius 3 is 2.93 bits per heavy atom. The number of rotatable bonds is 6. The van der Waals surface area contributed by atoms with Crippen molar-refractivity contribution in [2.24, 2.45) is 0 Å². The molecule has 7 heteroatoms. The maximum Gasteiger partial charge on any atom is 0.270 e. The van der Waals surface area contributed by atoms with Gasteiger partial charge in [0, 0.05) is 48.3 Å². The maximum atomic E-state index is 12.4. The number of aryl methyl sites for hydroxylation is 2. The quantitative estimate of drug-likeness (QED) is 0.555. The van der Waals surface area contributed by atoms with Crippen molar-refractivity contribution < 1.29 is 4.79 Å². The first-order valence-corrected chi connectivity index (χ1v) is 9.85. The minimum atomic E-state index is -0.144. The Kier molecular flexibility index (Phi) is 4.77. The number of carbonyl (C=O) groups is 1. The number of nitrogens with zero attached hydrogens (tertiary/aromatic N) is 4. The van der Waals surface area contributed by atoms with E-state index in [2.05, 4.69) is 45.0 Å². The minimum absolute atomic E-state index is 0.144. The van der Waals surface area contributed by atoms with Gasteiger partial charge in [0.1, 0.15) is 16.5 Å². The molecule has 1 amide bonds. The summed E-state index contributed by atoms with van der Waals surface area (Å²) in [6.07, 6.45) is 3.67. The molecule has 1 aromatic carbocycles. The van der Waals surface area contributed by atoms with Gasteiger partial charge in [-0.3, -0.25) is 4.79 Å². The molecule has 1 N–H and O–H groups in total. The first-order valence-electron chi connectivity index (χ1n) is 8.97. The smallest absolute Gasteiger partial charge is 0.270 e. The van der Waals surface area contributed by atoms with Crippen LogP contribution in [0.15, 0.2) is 48.1 Å². The highest BCUT2D eigenvalue weighted by molar-refractivity contribution is 7.13. The average molecular weight is 379 g/mol. The van der Waals surface area contributed by atoms with Crippen LogP contribution < -0.4 is 5.32 Å². The second kappa shape index (κ2) is 7.36. The number of thiazole rings is 1. The molecule has 4 rings (SSSR count). The fraction of sp³-hybridized carbons (Fsp3) is 0.250. The Hall–Kier alpha value is -2.93. The lowest BCUT2D eigenvalue weighted by molar-refractivity contribution is 0.0948. The molecule has 0 fully saturated rings. The van der Waals surface area contributed by atoms with Crippen LogP contribution in [0.4, 0.5) is 0 Å². The Balaban J connectivity index is 1.50. The van der Waals surface area contributed by atoms with Gasteiger partial charge in [-0.1, -0.05) is 18.2 Å². The molecule has 0 radical (unpaired) electrons. The standard InChI is InChI=1S/C20H21N5OS/c1-3-25-17-7-5-4-6-15(17)12-18(25)20-23-16(13-27-20)19(26)22-9-11-24-10-8-21-14(24)2/h4-8,10,12-13H,3,9,11H2,1-2H3,(H,22,26). The molecular weight excluding hydrogens is 358 g/mol. The van der Waals surface area contributed by atoms with E-state index >= 15 is 0 Å². The van der Waals surface area contributed by atoms with Crippen LogP contribution in [0.2, 0.25) is 0 Å². The summed E-state index contributed by atoms with van der Waals surface area (Å²) in [7, 11) is 0. The van der Waals surface area contributed by atoms with Crippen molar-refractivity contribution in [3.8, 4) is 10.7 Å². The van der Waals surface area contributed by atoms with E-state index in [9.17, 15) is 4.79 Å². The van der Waals surface area contributed by atoms with E-state index in [1.807, 2.05) is 35.2 Å². The summed E-state index contributed by atoms with van der Waals surface area (Å²) in [5.74, 6) is 0.794. The predicted octanol–water partition coefficient (Wildman–Crippen LogP) is 3.72. The number of hydrogen-bond acceptors (Lipinski definition) is 4. The van der Waals surface area contributed by atoms with Crippen LogP contribution in [-0.4, -0.2) is 31.6 Å². The zero-order valence-electron chi connectivity index (χ0n) is 15.3. The lowest BCUT2D eigenvalue weighted by Crippen LogP contribution is -2.27. The van der Waals surface area contributed by atoms with Gasteiger partial charge in [-0.2, -0.15) is 0 Å². The summed E-state index contributed by atoms with van der Waals surface area (Å²) in [6, 6.07) is 10.4. The number of imidazole rings is 1. The van der Waals surface area contributed by atoms with Crippen molar-refractivity contribution in [2.45, 2.75) is 26.9 Å². The highest BCUT2D eigenvalue weighted by Gasteiger charge is 2.15.